The summed E-state index contributed by atoms with van der Waals surface area (Å²) in [7, 11) is 1.86. The lowest BCUT2D eigenvalue weighted by molar-refractivity contribution is 0.0746. The number of amides is 1. The first-order valence-electron chi connectivity index (χ1n) is 7.81. The van der Waals surface area contributed by atoms with Crippen molar-refractivity contribution >= 4 is 22.8 Å². The van der Waals surface area contributed by atoms with Crippen LogP contribution >= 0.6 is 0 Å². The van der Waals surface area contributed by atoms with Gasteiger partial charge < -0.3 is 9.80 Å². The van der Waals surface area contributed by atoms with E-state index in [9.17, 15) is 4.79 Å². The zero-order chi connectivity index (χ0) is 16.5. The van der Waals surface area contributed by atoms with Crippen LogP contribution in [0.3, 0.4) is 0 Å². The maximum absolute atomic E-state index is 12.5. The van der Waals surface area contributed by atoms with Gasteiger partial charge in [0.05, 0.1) is 17.1 Å². The molecule has 0 aliphatic carbocycles. The fraction of sp³-hybridized carbons (Fsp3) is 0.312. The van der Waals surface area contributed by atoms with Crippen LogP contribution in [0.5, 0.6) is 0 Å². The normalized spacial score (nSPS) is 15.0. The minimum Gasteiger partial charge on any atom is -0.352 e. The van der Waals surface area contributed by atoms with Gasteiger partial charge in [0.1, 0.15) is 12.1 Å². The molecule has 122 valence electrons. The number of rotatable bonds is 2. The van der Waals surface area contributed by atoms with Crippen LogP contribution in [0, 0.1) is 0 Å². The lowest BCUT2D eigenvalue weighted by Gasteiger charge is -2.35. The second-order valence-electron chi connectivity index (χ2n) is 5.72. The molecule has 1 fully saturated rings. The molecule has 4 rings (SSSR count). The lowest BCUT2D eigenvalue weighted by atomic mass is 10.2. The Kier molecular flexibility index (Phi) is 3.56. The van der Waals surface area contributed by atoms with Crippen LogP contribution in [0.2, 0.25) is 0 Å². The Balaban J connectivity index is 1.51. The molecule has 3 aromatic heterocycles. The first-order valence-corrected chi connectivity index (χ1v) is 7.81. The van der Waals surface area contributed by atoms with Crippen LogP contribution in [0.1, 0.15) is 10.4 Å². The van der Waals surface area contributed by atoms with E-state index < -0.39 is 0 Å². The molecular formula is C16H17N7O. The van der Waals surface area contributed by atoms with Crippen molar-refractivity contribution < 1.29 is 4.79 Å². The highest BCUT2D eigenvalue weighted by molar-refractivity contribution is 5.94. The van der Waals surface area contributed by atoms with Crippen molar-refractivity contribution in [3.05, 3.63) is 42.6 Å². The van der Waals surface area contributed by atoms with Crippen molar-refractivity contribution in [2.75, 3.05) is 31.1 Å². The standard InChI is InChI=1S/C16H17N7O/c1-21-14-13(10-20-21)15(19-11-18-14)22-5-7-23(8-6-22)16(24)12-3-2-4-17-9-12/h2-4,9-11H,5-8H2,1H3. The number of aromatic nitrogens is 5. The van der Waals surface area contributed by atoms with Crippen molar-refractivity contribution in [3.8, 4) is 0 Å². The van der Waals surface area contributed by atoms with Crippen LogP contribution in [0.4, 0.5) is 5.82 Å². The summed E-state index contributed by atoms with van der Waals surface area (Å²) in [6.45, 7) is 2.76. The molecule has 8 nitrogen and oxygen atoms in total. The maximum Gasteiger partial charge on any atom is 0.255 e. The third-order valence-electron chi connectivity index (χ3n) is 4.28. The van der Waals surface area contributed by atoms with E-state index in [1.807, 2.05) is 11.9 Å². The molecule has 1 amide bonds. The predicted molar refractivity (Wildman–Crippen MR) is 88.7 cm³/mol. The first-order chi connectivity index (χ1) is 11.7. The van der Waals surface area contributed by atoms with Crippen LogP contribution < -0.4 is 4.90 Å². The van der Waals surface area contributed by atoms with Gasteiger partial charge in [-0.3, -0.25) is 14.5 Å². The van der Waals surface area contributed by atoms with Crippen LogP contribution in [-0.4, -0.2) is 61.7 Å². The summed E-state index contributed by atoms with van der Waals surface area (Å²) >= 11 is 0. The van der Waals surface area contributed by atoms with Crippen LogP contribution in [0.15, 0.2) is 37.1 Å². The summed E-state index contributed by atoms with van der Waals surface area (Å²) in [6, 6.07) is 3.58. The largest absolute Gasteiger partial charge is 0.352 e. The number of hydrogen-bond acceptors (Lipinski definition) is 6. The zero-order valence-corrected chi connectivity index (χ0v) is 13.3. The predicted octanol–water partition coefficient (Wildman–Crippen LogP) is 0.721. The number of carbonyl (C=O) groups excluding carboxylic acids is 1. The Morgan fingerprint density at radius 3 is 2.71 bits per heavy atom. The number of hydrogen-bond donors (Lipinski definition) is 0. The number of pyridine rings is 1. The molecule has 8 heteroatoms. The SMILES string of the molecule is Cn1ncc2c(N3CCN(C(=O)c4cccnc4)CC3)ncnc21. The van der Waals surface area contributed by atoms with E-state index in [0.717, 1.165) is 29.9 Å². The Morgan fingerprint density at radius 2 is 1.96 bits per heavy atom. The first kappa shape index (κ1) is 14.6. The molecule has 0 unspecified atom stereocenters. The molecule has 0 spiro atoms. The van der Waals surface area contributed by atoms with Crippen LogP contribution in [0.25, 0.3) is 11.0 Å². The molecule has 1 aliphatic heterocycles. The van der Waals surface area contributed by atoms with Gasteiger partial charge in [0.2, 0.25) is 0 Å². The fourth-order valence-electron chi connectivity index (χ4n) is 2.99. The second kappa shape index (κ2) is 5.88. The third kappa shape index (κ3) is 2.45. The fourth-order valence-corrected chi connectivity index (χ4v) is 2.99. The van der Waals surface area contributed by atoms with Gasteiger partial charge in [0, 0.05) is 45.6 Å². The number of nitrogens with zero attached hydrogens (tertiary/aromatic N) is 7. The van der Waals surface area contributed by atoms with E-state index in [1.54, 1.807) is 41.7 Å². The Hall–Kier alpha value is -3.03. The quantitative estimate of drug-likeness (QED) is 0.691. The van der Waals surface area contributed by atoms with Gasteiger partial charge in [0.15, 0.2) is 5.65 Å². The second-order valence-corrected chi connectivity index (χ2v) is 5.72. The average molecular weight is 323 g/mol. The summed E-state index contributed by atoms with van der Waals surface area (Å²) in [6.07, 6.45) is 6.63. The van der Waals surface area contributed by atoms with Crippen LogP contribution in [-0.2, 0) is 7.05 Å². The van der Waals surface area contributed by atoms with Crippen molar-refractivity contribution in [2.24, 2.45) is 7.05 Å². The summed E-state index contributed by atoms with van der Waals surface area (Å²) in [5, 5.41) is 5.19. The monoisotopic (exact) mass is 323 g/mol. The highest BCUT2D eigenvalue weighted by Crippen LogP contribution is 2.23. The molecule has 4 heterocycles. The van der Waals surface area contributed by atoms with E-state index in [0.29, 0.717) is 18.7 Å². The van der Waals surface area contributed by atoms with Crippen molar-refractivity contribution in [1.82, 2.24) is 29.6 Å². The molecule has 3 aromatic rings. The van der Waals surface area contributed by atoms with Crippen molar-refractivity contribution in [3.63, 3.8) is 0 Å². The van der Waals surface area contributed by atoms with Gasteiger partial charge in [-0.2, -0.15) is 5.10 Å². The van der Waals surface area contributed by atoms with Crippen molar-refractivity contribution in [1.29, 1.82) is 0 Å². The highest BCUT2D eigenvalue weighted by Gasteiger charge is 2.24. The van der Waals surface area contributed by atoms with E-state index >= 15 is 0 Å². The van der Waals surface area contributed by atoms with E-state index in [4.69, 9.17) is 0 Å². The minimum atomic E-state index is 0.0250. The van der Waals surface area contributed by atoms with Gasteiger partial charge in [-0.05, 0) is 12.1 Å². The zero-order valence-electron chi connectivity index (χ0n) is 13.3. The van der Waals surface area contributed by atoms with Gasteiger partial charge in [-0.1, -0.05) is 0 Å². The van der Waals surface area contributed by atoms with Crippen molar-refractivity contribution in [2.45, 2.75) is 0 Å². The molecule has 24 heavy (non-hydrogen) atoms. The van der Waals surface area contributed by atoms with Gasteiger partial charge >= 0.3 is 0 Å². The molecule has 1 saturated heterocycles. The molecule has 0 bridgehead atoms. The molecule has 0 N–H and O–H groups in total. The van der Waals surface area contributed by atoms with E-state index in [2.05, 4.69) is 25.0 Å². The molecule has 0 atom stereocenters. The number of aryl methyl sites for hydroxylation is 1. The summed E-state index contributed by atoms with van der Waals surface area (Å²) in [5.74, 6) is 0.901. The number of fused-ring (bicyclic) bond motifs is 1. The third-order valence-corrected chi connectivity index (χ3v) is 4.28. The molecule has 0 saturated carbocycles. The minimum absolute atomic E-state index is 0.0250. The number of anilines is 1. The Morgan fingerprint density at radius 1 is 1.12 bits per heavy atom. The summed E-state index contributed by atoms with van der Waals surface area (Å²) in [4.78, 5) is 29.2. The summed E-state index contributed by atoms with van der Waals surface area (Å²) in [5.41, 5.74) is 1.44. The lowest BCUT2D eigenvalue weighted by Crippen LogP contribution is -2.49. The average Bonchev–Trinajstić information content (AvgIpc) is 3.03. The Labute approximate surface area is 138 Å². The number of piperazine rings is 1. The smallest absolute Gasteiger partial charge is 0.255 e. The van der Waals surface area contributed by atoms with E-state index in [1.165, 1.54) is 0 Å². The van der Waals surface area contributed by atoms with Gasteiger partial charge in [-0.25, -0.2) is 9.97 Å². The molecule has 0 radical (unpaired) electrons. The molecule has 1 aliphatic rings. The number of carbonyl (C=O) groups is 1. The summed E-state index contributed by atoms with van der Waals surface area (Å²) < 4.78 is 1.74. The van der Waals surface area contributed by atoms with Gasteiger partial charge in [-0.15, -0.1) is 0 Å². The topological polar surface area (TPSA) is 80.0 Å². The Bertz CT molecular complexity index is 869. The molecule has 0 aromatic carbocycles. The van der Waals surface area contributed by atoms with E-state index in [-0.39, 0.29) is 5.91 Å². The highest BCUT2D eigenvalue weighted by atomic mass is 16.2. The molecular weight excluding hydrogens is 306 g/mol. The van der Waals surface area contributed by atoms with Gasteiger partial charge in [0.25, 0.3) is 5.91 Å². The maximum atomic E-state index is 12.5.